The second kappa shape index (κ2) is 2.34. The molecule has 0 spiro atoms. The van der Waals surface area contributed by atoms with E-state index in [1.807, 2.05) is 0 Å². The third-order valence-electron chi connectivity index (χ3n) is 2.12. The topological polar surface area (TPSA) is 93.5 Å². The smallest absolute Gasteiger partial charge is 0.271 e. The molecule has 72 valence electrons. The SMILES string of the molecule is NS(=O)(=O)c1cc(C2(O)CC2)co1. The van der Waals surface area contributed by atoms with Crippen LogP contribution in [0.4, 0.5) is 0 Å². The molecule has 0 atom stereocenters. The van der Waals surface area contributed by atoms with E-state index in [4.69, 9.17) is 9.56 Å². The first kappa shape index (κ1) is 8.74. The lowest BCUT2D eigenvalue weighted by Crippen LogP contribution is -2.11. The van der Waals surface area contributed by atoms with Gasteiger partial charge in [-0.1, -0.05) is 0 Å². The summed E-state index contributed by atoms with van der Waals surface area (Å²) in [5, 5.41) is 14.1. The van der Waals surface area contributed by atoms with Crippen LogP contribution in [0.2, 0.25) is 0 Å². The second-order valence-electron chi connectivity index (χ2n) is 3.23. The monoisotopic (exact) mass is 203 g/mol. The van der Waals surface area contributed by atoms with Crippen LogP contribution in [0.5, 0.6) is 0 Å². The molecule has 2 rings (SSSR count). The lowest BCUT2D eigenvalue weighted by atomic mass is 10.2. The number of rotatable bonds is 2. The molecule has 1 aliphatic rings. The first-order chi connectivity index (χ1) is 5.92. The minimum Gasteiger partial charge on any atom is -0.451 e. The van der Waals surface area contributed by atoms with E-state index >= 15 is 0 Å². The molecular formula is C7H9NO4S. The molecule has 0 bridgehead atoms. The van der Waals surface area contributed by atoms with Crippen LogP contribution in [0.3, 0.4) is 0 Å². The maximum atomic E-state index is 10.8. The predicted octanol–water partition coefficient (Wildman–Crippen LogP) is -0.0916. The van der Waals surface area contributed by atoms with Crippen LogP contribution < -0.4 is 5.14 Å². The molecule has 1 saturated carbocycles. The van der Waals surface area contributed by atoms with E-state index in [1.165, 1.54) is 12.3 Å². The summed E-state index contributed by atoms with van der Waals surface area (Å²) < 4.78 is 26.3. The van der Waals surface area contributed by atoms with Gasteiger partial charge in [0.1, 0.15) is 0 Å². The molecule has 0 aliphatic heterocycles. The fourth-order valence-corrected chi connectivity index (χ4v) is 1.59. The van der Waals surface area contributed by atoms with Crippen molar-refractivity contribution >= 4 is 10.0 Å². The van der Waals surface area contributed by atoms with Crippen LogP contribution in [-0.4, -0.2) is 13.5 Å². The van der Waals surface area contributed by atoms with Crippen molar-refractivity contribution in [3.63, 3.8) is 0 Å². The Bertz CT molecular complexity index is 429. The lowest BCUT2D eigenvalue weighted by Gasteiger charge is -1.99. The molecule has 6 heteroatoms. The van der Waals surface area contributed by atoms with E-state index < -0.39 is 15.6 Å². The average Bonchev–Trinajstić information content (AvgIpc) is 2.60. The van der Waals surface area contributed by atoms with E-state index in [2.05, 4.69) is 0 Å². The van der Waals surface area contributed by atoms with Crippen LogP contribution in [0.15, 0.2) is 21.8 Å². The summed E-state index contributed by atoms with van der Waals surface area (Å²) in [6.07, 6.45) is 2.50. The van der Waals surface area contributed by atoms with E-state index in [9.17, 15) is 13.5 Å². The fourth-order valence-electron chi connectivity index (χ4n) is 1.12. The molecular weight excluding hydrogens is 194 g/mol. The Morgan fingerprint density at radius 1 is 1.54 bits per heavy atom. The van der Waals surface area contributed by atoms with Crippen molar-refractivity contribution in [3.8, 4) is 0 Å². The largest absolute Gasteiger partial charge is 0.451 e. The zero-order chi connectivity index (χ0) is 9.69. The van der Waals surface area contributed by atoms with Crippen molar-refractivity contribution in [1.82, 2.24) is 0 Å². The van der Waals surface area contributed by atoms with E-state index in [0.717, 1.165) is 0 Å². The molecule has 1 aromatic rings. The van der Waals surface area contributed by atoms with Crippen LogP contribution in [0, 0.1) is 0 Å². The van der Waals surface area contributed by atoms with Gasteiger partial charge >= 0.3 is 0 Å². The predicted molar refractivity (Wildman–Crippen MR) is 43.2 cm³/mol. The molecule has 1 aliphatic carbocycles. The highest BCUT2D eigenvalue weighted by Crippen LogP contribution is 2.45. The first-order valence-electron chi connectivity index (χ1n) is 3.76. The van der Waals surface area contributed by atoms with Gasteiger partial charge in [-0.25, -0.2) is 13.6 Å². The number of hydrogen-bond acceptors (Lipinski definition) is 4. The van der Waals surface area contributed by atoms with Crippen molar-refractivity contribution in [2.75, 3.05) is 0 Å². The van der Waals surface area contributed by atoms with Gasteiger partial charge in [0, 0.05) is 11.6 Å². The highest BCUT2D eigenvalue weighted by atomic mass is 32.2. The zero-order valence-electron chi connectivity index (χ0n) is 6.73. The molecule has 1 fully saturated rings. The standard InChI is InChI=1S/C7H9NO4S/c8-13(10,11)6-3-5(4-12-6)7(9)1-2-7/h3-4,9H,1-2H2,(H2,8,10,11). The van der Waals surface area contributed by atoms with Gasteiger partial charge in [-0.2, -0.15) is 0 Å². The Hall–Kier alpha value is -0.850. The molecule has 0 unspecified atom stereocenters. The summed E-state index contributed by atoms with van der Waals surface area (Å²) in [4.78, 5) is 0. The number of furan rings is 1. The minimum absolute atomic E-state index is 0.303. The van der Waals surface area contributed by atoms with Crippen LogP contribution in [-0.2, 0) is 15.6 Å². The summed E-state index contributed by atoms with van der Waals surface area (Å²) >= 11 is 0. The summed E-state index contributed by atoms with van der Waals surface area (Å²) in [5.41, 5.74) is -0.400. The zero-order valence-corrected chi connectivity index (χ0v) is 7.54. The van der Waals surface area contributed by atoms with Gasteiger partial charge in [0.15, 0.2) is 0 Å². The molecule has 0 amide bonds. The van der Waals surface area contributed by atoms with Gasteiger partial charge in [-0.15, -0.1) is 0 Å². The van der Waals surface area contributed by atoms with Crippen LogP contribution >= 0.6 is 0 Å². The second-order valence-corrected chi connectivity index (χ2v) is 4.72. The Morgan fingerprint density at radius 3 is 2.54 bits per heavy atom. The molecule has 1 heterocycles. The summed E-state index contributed by atoms with van der Waals surface area (Å²) in [6, 6.07) is 1.27. The molecule has 0 saturated heterocycles. The molecule has 13 heavy (non-hydrogen) atoms. The minimum atomic E-state index is -3.79. The Labute approximate surface area is 75.2 Å². The lowest BCUT2D eigenvalue weighted by molar-refractivity contribution is 0.150. The highest BCUT2D eigenvalue weighted by Gasteiger charge is 2.43. The molecule has 0 aromatic carbocycles. The quantitative estimate of drug-likeness (QED) is 0.702. The Balaban J connectivity index is 2.39. The molecule has 3 N–H and O–H groups in total. The number of hydrogen-bond donors (Lipinski definition) is 2. The maximum absolute atomic E-state index is 10.8. The van der Waals surface area contributed by atoms with Gasteiger partial charge < -0.3 is 9.52 Å². The van der Waals surface area contributed by atoms with Crippen LogP contribution in [0.25, 0.3) is 0 Å². The normalized spacial score (nSPS) is 20.2. The summed E-state index contributed by atoms with van der Waals surface area (Å²) in [7, 11) is -3.79. The van der Waals surface area contributed by atoms with Gasteiger partial charge in [0.25, 0.3) is 10.0 Å². The molecule has 5 nitrogen and oxygen atoms in total. The van der Waals surface area contributed by atoms with E-state index in [1.54, 1.807) is 0 Å². The first-order valence-corrected chi connectivity index (χ1v) is 5.31. The van der Waals surface area contributed by atoms with E-state index in [-0.39, 0.29) is 5.09 Å². The van der Waals surface area contributed by atoms with Crippen molar-refractivity contribution in [2.45, 2.75) is 23.5 Å². The van der Waals surface area contributed by atoms with Gasteiger partial charge in [0.2, 0.25) is 5.09 Å². The summed E-state index contributed by atoms with van der Waals surface area (Å²) in [5.74, 6) is 0. The molecule has 1 aromatic heterocycles. The Kier molecular flexibility index (Phi) is 1.57. The summed E-state index contributed by atoms with van der Waals surface area (Å²) in [6.45, 7) is 0. The van der Waals surface area contributed by atoms with Gasteiger partial charge in [-0.05, 0) is 12.8 Å². The number of sulfonamides is 1. The van der Waals surface area contributed by atoms with Crippen molar-refractivity contribution < 1.29 is 17.9 Å². The highest BCUT2D eigenvalue weighted by molar-refractivity contribution is 7.89. The van der Waals surface area contributed by atoms with Gasteiger partial charge in [0.05, 0.1) is 11.9 Å². The fraction of sp³-hybridized carbons (Fsp3) is 0.429. The van der Waals surface area contributed by atoms with Crippen molar-refractivity contribution in [1.29, 1.82) is 0 Å². The third-order valence-corrected chi connectivity index (χ3v) is 2.89. The third kappa shape index (κ3) is 1.48. The van der Waals surface area contributed by atoms with Crippen molar-refractivity contribution in [2.24, 2.45) is 5.14 Å². The average molecular weight is 203 g/mol. The number of nitrogens with two attached hydrogens (primary N) is 1. The van der Waals surface area contributed by atoms with Gasteiger partial charge in [-0.3, -0.25) is 0 Å². The van der Waals surface area contributed by atoms with Crippen LogP contribution in [0.1, 0.15) is 18.4 Å². The number of aliphatic hydroxyl groups is 1. The van der Waals surface area contributed by atoms with E-state index in [0.29, 0.717) is 18.4 Å². The van der Waals surface area contributed by atoms with Crippen molar-refractivity contribution in [3.05, 3.63) is 17.9 Å². The molecule has 0 radical (unpaired) electrons. The Morgan fingerprint density at radius 2 is 2.15 bits per heavy atom. The maximum Gasteiger partial charge on any atom is 0.271 e. The number of primary sulfonamides is 1.